The van der Waals surface area contributed by atoms with Crippen LogP contribution >= 0.6 is 30.7 Å². The molecule has 0 rings (SSSR count). The second-order valence-corrected chi connectivity index (χ2v) is 5.51. The van der Waals surface area contributed by atoms with Crippen molar-refractivity contribution in [1.29, 1.82) is 0 Å². The highest BCUT2D eigenvalue weighted by Crippen LogP contribution is 2.50. The highest BCUT2D eigenvalue weighted by Gasteiger charge is 2.27. The molecule has 0 aromatic heterocycles. The summed E-state index contributed by atoms with van der Waals surface area (Å²) in [5.41, 5.74) is 0. The monoisotopic (exact) mass is 191 g/mol. The third-order valence-corrected chi connectivity index (χ3v) is 4.06. The lowest BCUT2D eigenvalue weighted by molar-refractivity contribution is 0.388. The van der Waals surface area contributed by atoms with Crippen LogP contribution in [0, 0.1) is 0 Å². The van der Waals surface area contributed by atoms with Crippen molar-refractivity contribution in [3.63, 3.8) is 0 Å². The molecule has 56 valence electrons. The predicted molar refractivity (Wildman–Crippen MR) is 39.2 cm³/mol. The van der Waals surface area contributed by atoms with Crippen molar-refractivity contribution in [1.82, 2.24) is 5.09 Å². The van der Waals surface area contributed by atoms with Crippen molar-refractivity contribution < 1.29 is 9.09 Å². The molecule has 0 saturated carbocycles. The Bertz CT molecular complexity index is 121. The van der Waals surface area contributed by atoms with Crippen molar-refractivity contribution in [3.8, 4) is 0 Å². The first-order valence-electron chi connectivity index (χ1n) is 2.19. The number of halogens is 2. The Balaban J connectivity index is 4.11. The minimum atomic E-state index is -2.97. The molecule has 1 atom stereocenters. The fraction of sp³-hybridized carbons (Fsp3) is 1.00. The first-order valence-corrected chi connectivity index (χ1v) is 4.76. The molecule has 0 heterocycles. The largest absolute Gasteiger partial charge is 0.319 e. The average Bonchev–Trinajstić information content (AvgIpc) is 1.86. The first-order chi connectivity index (χ1) is 4.06. The quantitative estimate of drug-likeness (QED) is 0.547. The van der Waals surface area contributed by atoms with Gasteiger partial charge in [-0.3, -0.25) is 4.57 Å². The van der Waals surface area contributed by atoms with E-state index in [0.717, 1.165) is 0 Å². The van der Waals surface area contributed by atoms with Gasteiger partial charge in [-0.25, -0.2) is 5.09 Å². The maximum atomic E-state index is 11.1. The number of hydrogen-bond acceptors (Lipinski definition) is 2. The van der Waals surface area contributed by atoms with Crippen molar-refractivity contribution >= 4 is 30.7 Å². The topological polar surface area (TPSA) is 38.3 Å². The number of rotatable bonds is 3. The van der Waals surface area contributed by atoms with Gasteiger partial charge in [0.05, 0.1) is 0 Å². The van der Waals surface area contributed by atoms with Crippen LogP contribution < -0.4 is 5.09 Å². The molecule has 6 heteroatoms. The van der Waals surface area contributed by atoms with Crippen molar-refractivity contribution in [3.05, 3.63) is 0 Å². The van der Waals surface area contributed by atoms with Gasteiger partial charge < -0.3 is 4.52 Å². The summed E-state index contributed by atoms with van der Waals surface area (Å²) in [6.45, 7) is 0. The molecule has 0 aliphatic carbocycles. The van der Waals surface area contributed by atoms with Crippen LogP contribution in [0.1, 0.15) is 0 Å². The molecule has 0 amide bonds. The lowest BCUT2D eigenvalue weighted by Gasteiger charge is -2.14. The van der Waals surface area contributed by atoms with E-state index in [1.807, 2.05) is 0 Å². The minimum Gasteiger partial charge on any atom is -0.319 e. The Labute approximate surface area is 64.2 Å². The smallest absolute Gasteiger partial charge is 0.301 e. The fourth-order valence-corrected chi connectivity index (χ4v) is 1.87. The second-order valence-electron chi connectivity index (χ2n) is 1.28. The van der Waals surface area contributed by atoms with Gasteiger partial charge in [0.2, 0.25) is 0 Å². The van der Waals surface area contributed by atoms with Gasteiger partial charge >= 0.3 is 7.52 Å². The average molecular weight is 192 g/mol. The van der Waals surface area contributed by atoms with E-state index in [4.69, 9.17) is 23.2 Å². The predicted octanol–water partition coefficient (Wildman–Crippen LogP) is 1.81. The van der Waals surface area contributed by atoms with Crippen LogP contribution in [-0.4, -0.2) is 18.7 Å². The molecule has 0 radical (unpaired) electrons. The molecule has 3 nitrogen and oxygen atoms in total. The molecule has 9 heavy (non-hydrogen) atoms. The van der Waals surface area contributed by atoms with Crippen LogP contribution in [0.3, 0.4) is 0 Å². The van der Waals surface area contributed by atoms with Crippen molar-refractivity contribution in [2.24, 2.45) is 0 Å². The second kappa shape index (κ2) is 3.79. The highest BCUT2D eigenvalue weighted by molar-refractivity contribution is 7.61. The summed E-state index contributed by atoms with van der Waals surface area (Å²) < 4.78 is 14.6. The van der Waals surface area contributed by atoms with Gasteiger partial charge in [0.1, 0.15) is 0 Å². The Hall–Kier alpha value is 0.730. The fourth-order valence-electron chi connectivity index (χ4n) is 0.269. The van der Waals surface area contributed by atoms with E-state index in [0.29, 0.717) is 0 Å². The Morgan fingerprint density at radius 2 is 2.11 bits per heavy atom. The molecule has 1 N–H and O–H groups in total. The normalized spacial score (nSPS) is 17.9. The SMILES string of the molecule is CNP(=O)(OC)C(Cl)Cl. The number of nitrogens with one attached hydrogen (secondary N) is 1. The Morgan fingerprint density at radius 3 is 2.11 bits per heavy atom. The molecular weight excluding hydrogens is 184 g/mol. The molecule has 0 spiro atoms. The van der Waals surface area contributed by atoms with Gasteiger partial charge in [-0.15, -0.1) is 0 Å². The van der Waals surface area contributed by atoms with E-state index >= 15 is 0 Å². The highest BCUT2D eigenvalue weighted by atomic mass is 35.5. The molecule has 0 aromatic rings. The molecule has 1 unspecified atom stereocenters. The van der Waals surface area contributed by atoms with Crippen molar-refractivity contribution in [2.75, 3.05) is 14.2 Å². The van der Waals surface area contributed by atoms with Crippen LogP contribution in [0.15, 0.2) is 0 Å². The lowest BCUT2D eigenvalue weighted by Crippen LogP contribution is -2.09. The summed E-state index contributed by atoms with van der Waals surface area (Å²) in [6.07, 6.45) is 0. The van der Waals surface area contributed by atoms with Crippen molar-refractivity contribution in [2.45, 2.75) is 4.58 Å². The number of alkyl halides is 2. The Kier molecular flexibility index (Phi) is 4.10. The van der Waals surface area contributed by atoms with Gasteiger partial charge in [-0.2, -0.15) is 0 Å². The summed E-state index contributed by atoms with van der Waals surface area (Å²) in [6, 6.07) is 0. The summed E-state index contributed by atoms with van der Waals surface area (Å²) >= 11 is 10.6. The number of hydrogen-bond donors (Lipinski definition) is 1. The van der Waals surface area contributed by atoms with Gasteiger partial charge in [0, 0.05) is 7.11 Å². The molecule has 0 bridgehead atoms. The summed E-state index contributed by atoms with van der Waals surface area (Å²) in [5, 5.41) is 2.40. The van der Waals surface area contributed by atoms with E-state index in [1.165, 1.54) is 14.2 Å². The van der Waals surface area contributed by atoms with Crippen LogP contribution in [0.2, 0.25) is 0 Å². The zero-order valence-electron chi connectivity index (χ0n) is 5.10. The Morgan fingerprint density at radius 1 is 1.67 bits per heavy atom. The van der Waals surface area contributed by atoms with Gasteiger partial charge in [0.25, 0.3) is 0 Å². The van der Waals surface area contributed by atoms with E-state index in [9.17, 15) is 4.57 Å². The van der Waals surface area contributed by atoms with E-state index < -0.39 is 12.1 Å². The minimum absolute atomic E-state index is 1.01. The van der Waals surface area contributed by atoms with Crippen LogP contribution in [0.25, 0.3) is 0 Å². The third kappa shape index (κ3) is 2.44. The van der Waals surface area contributed by atoms with Gasteiger partial charge in [-0.05, 0) is 7.05 Å². The molecule has 0 aliphatic heterocycles. The maximum absolute atomic E-state index is 11.1. The third-order valence-electron chi connectivity index (χ3n) is 0.840. The zero-order valence-corrected chi connectivity index (χ0v) is 7.50. The molecule has 0 aliphatic rings. The summed E-state index contributed by atoms with van der Waals surface area (Å²) in [5.74, 6) is 0. The standard InChI is InChI=1S/C3H8Cl2NO2P/c1-6-9(7,8-2)3(4)5/h3H,1-2H3,(H,6,7). The molecule has 0 saturated heterocycles. The maximum Gasteiger partial charge on any atom is 0.301 e. The van der Waals surface area contributed by atoms with Crippen LogP contribution in [0.5, 0.6) is 0 Å². The van der Waals surface area contributed by atoms with Gasteiger partial charge in [-0.1, -0.05) is 23.2 Å². The van der Waals surface area contributed by atoms with E-state index in [1.54, 1.807) is 0 Å². The van der Waals surface area contributed by atoms with Crippen LogP contribution in [-0.2, 0) is 9.09 Å². The molecule has 0 aromatic carbocycles. The van der Waals surface area contributed by atoms with E-state index in [2.05, 4.69) is 9.61 Å². The zero-order chi connectivity index (χ0) is 7.49. The summed E-state index contributed by atoms with van der Waals surface area (Å²) in [4.78, 5) is 0. The van der Waals surface area contributed by atoms with Crippen LogP contribution in [0.4, 0.5) is 0 Å². The van der Waals surface area contributed by atoms with E-state index in [-0.39, 0.29) is 0 Å². The molecular formula is C3H8Cl2NO2P. The lowest BCUT2D eigenvalue weighted by atomic mass is 11.6. The first kappa shape index (κ1) is 9.73. The molecule has 0 fully saturated rings. The van der Waals surface area contributed by atoms with Gasteiger partial charge in [0.15, 0.2) is 4.58 Å². The summed E-state index contributed by atoms with van der Waals surface area (Å²) in [7, 11) is -0.211.